The van der Waals surface area contributed by atoms with Gasteiger partial charge >= 0.3 is 0 Å². The molecule has 0 heterocycles. The SMILES string of the molecule is O=C1C=C(Cl)C(=O)C(N(C2CCCCC2)C2CCCCC2)=C1Cl. The lowest BCUT2D eigenvalue weighted by atomic mass is 9.87. The summed E-state index contributed by atoms with van der Waals surface area (Å²) in [5, 5.41) is 0.0431. The fourth-order valence-electron chi connectivity index (χ4n) is 4.19. The fourth-order valence-corrected chi connectivity index (χ4v) is 4.61. The number of halogens is 2. The summed E-state index contributed by atoms with van der Waals surface area (Å²) >= 11 is 12.3. The lowest BCUT2D eigenvalue weighted by Crippen LogP contribution is -2.47. The quantitative estimate of drug-likeness (QED) is 0.689. The van der Waals surface area contributed by atoms with E-state index in [2.05, 4.69) is 4.90 Å². The van der Waals surface area contributed by atoms with Crippen LogP contribution in [0.15, 0.2) is 21.8 Å². The Morgan fingerprint density at radius 2 is 1.30 bits per heavy atom. The molecule has 3 aliphatic carbocycles. The summed E-state index contributed by atoms with van der Waals surface area (Å²) in [5.74, 6) is -0.629. The van der Waals surface area contributed by atoms with Gasteiger partial charge in [-0.1, -0.05) is 61.7 Å². The molecule has 0 aromatic heterocycles. The molecule has 23 heavy (non-hydrogen) atoms. The van der Waals surface area contributed by atoms with Crippen molar-refractivity contribution in [3.05, 3.63) is 21.8 Å². The molecule has 0 unspecified atom stereocenters. The van der Waals surface area contributed by atoms with E-state index in [1.165, 1.54) is 38.5 Å². The van der Waals surface area contributed by atoms with Gasteiger partial charge in [0.05, 0.1) is 5.03 Å². The van der Waals surface area contributed by atoms with Crippen LogP contribution in [0.2, 0.25) is 0 Å². The van der Waals surface area contributed by atoms with Crippen molar-refractivity contribution in [2.45, 2.75) is 76.3 Å². The second kappa shape index (κ2) is 7.40. The monoisotopic (exact) mass is 355 g/mol. The van der Waals surface area contributed by atoms with Crippen LogP contribution in [0.3, 0.4) is 0 Å². The minimum absolute atomic E-state index is 0.00832. The summed E-state index contributed by atoms with van der Waals surface area (Å²) in [6, 6.07) is 0.602. The third-order valence-corrected chi connectivity index (χ3v) is 5.95. The molecule has 3 rings (SSSR count). The van der Waals surface area contributed by atoms with Crippen LogP contribution in [-0.4, -0.2) is 28.6 Å². The molecule has 0 atom stereocenters. The van der Waals surface area contributed by atoms with E-state index in [1.807, 2.05) is 0 Å². The zero-order chi connectivity index (χ0) is 16.4. The van der Waals surface area contributed by atoms with Gasteiger partial charge in [-0.15, -0.1) is 0 Å². The molecule has 3 aliphatic rings. The lowest BCUT2D eigenvalue weighted by Gasteiger charge is -2.44. The molecule has 3 nitrogen and oxygen atoms in total. The Labute approximate surface area is 147 Å². The molecule has 126 valence electrons. The number of carbonyl (C=O) groups excluding carboxylic acids is 2. The van der Waals surface area contributed by atoms with E-state index in [1.54, 1.807) is 0 Å². The number of hydrogen-bond donors (Lipinski definition) is 0. The molecule has 2 saturated carbocycles. The van der Waals surface area contributed by atoms with Gasteiger partial charge in [-0.3, -0.25) is 9.59 Å². The first-order valence-corrected chi connectivity index (χ1v) is 9.49. The number of allylic oxidation sites excluding steroid dienone is 3. The van der Waals surface area contributed by atoms with Gasteiger partial charge in [0.25, 0.3) is 0 Å². The predicted molar refractivity (Wildman–Crippen MR) is 92.4 cm³/mol. The van der Waals surface area contributed by atoms with E-state index in [9.17, 15) is 9.59 Å². The van der Waals surface area contributed by atoms with Crippen molar-refractivity contribution >= 4 is 34.8 Å². The van der Waals surface area contributed by atoms with Crippen molar-refractivity contribution in [1.29, 1.82) is 0 Å². The van der Waals surface area contributed by atoms with E-state index in [-0.39, 0.29) is 21.6 Å². The van der Waals surface area contributed by atoms with Gasteiger partial charge in [-0.05, 0) is 25.7 Å². The number of nitrogens with zero attached hydrogens (tertiary/aromatic N) is 1. The zero-order valence-corrected chi connectivity index (χ0v) is 14.8. The molecular weight excluding hydrogens is 333 g/mol. The lowest BCUT2D eigenvalue weighted by molar-refractivity contribution is -0.117. The van der Waals surface area contributed by atoms with Gasteiger partial charge < -0.3 is 4.90 Å². The molecule has 0 saturated heterocycles. The normalized spacial score (nSPS) is 24.9. The van der Waals surface area contributed by atoms with Crippen molar-refractivity contribution < 1.29 is 9.59 Å². The second-order valence-corrected chi connectivity index (χ2v) is 7.62. The average molecular weight is 356 g/mol. The van der Waals surface area contributed by atoms with Crippen LogP contribution in [0.25, 0.3) is 0 Å². The molecule has 0 N–H and O–H groups in total. The summed E-state index contributed by atoms with van der Waals surface area (Å²) in [4.78, 5) is 27.0. The van der Waals surface area contributed by atoms with Crippen LogP contribution in [0, 0.1) is 0 Å². The van der Waals surface area contributed by atoms with Gasteiger partial charge in [0.2, 0.25) is 11.6 Å². The number of ketones is 2. The van der Waals surface area contributed by atoms with Gasteiger partial charge in [-0.2, -0.15) is 0 Å². The molecule has 0 aromatic rings. The highest BCUT2D eigenvalue weighted by atomic mass is 35.5. The summed E-state index contributed by atoms with van der Waals surface area (Å²) in [6.07, 6.45) is 12.6. The number of rotatable bonds is 3. The van der Waals surface area contributed by atoms with Crippen LogP contribution >= 0.6 is 23.2 Å². The van der Waals surface area contributed by atoms with E-state index >= 15 is 0 Å². The standard InChI is InChI=1S/C18H23Cl2NO2/c19-14-11-15(22)16(20)17(18(14)23)21(12-7-3-1-4-8-12)13-9-5-2-6-10-13/h11-13H,1-10H2. The topological polar surface area (TPSA) is 37.4 Å². The van der Waals surface area contributed by atoms with Gasteiger partial charge in [-0.25, -0.2) is 0 Å². The Bertz CT molecular complexity index is 537. The predicted octanol–water partition coefficient (Wildman–Crippen LogP) is 4.68. The summed E-state index contributed by atoms with van der Waals surface area (Å²) in [5.41, 5.74) is 0.364. The van der Waals surface area contributed by atoms with Crippen molar-refractivity contribution in [1.82, 2.24) is 4.90 Å². The number of carbonyl (C=O) groups is 2. The van der Waals surface area contributed by atoms with Crippen LogP contribution in [0.5, 0.6) is 0 Å². The van der Waals surface area contributed by atoms with Crippen molar-refractivity contribution in [2.24, 2.45) is 0 Å². The van der Waals surface area contributed by atoms with Gasteiger partial charge in [0.15, 0.2) is 0 Å². The highest BCUT2D eigenvalue weighted by Crippen LogP contribution is 2.37. The Kier molecular flexibility index (Phi) is 5.48. The van der Waals surface area contributed by atoms with E-state index < -0.39 is 0 Å². The molecule has 0 aliphatic heterocycles. The van der Waals surface area contributed by atoms with Crippen LogP contribution < -0.4 is 0 Å². The summed E-state index contributed by atoms with van der Waals surface area (Å²) < 4.78 is 0. The molecule has 2 fully saturated rings. The minimum atomic E-state index is -0.345. The van der Waals surface area contributed by atoms with E-state index in [0.717, 1.165) is 31.8 Å². The van der Waals surface area contributed by atoms with E-state index in [4.69, 9.17) is 23.2 Å². The van der Waals surface area contributed by atoms with Crippen LogP contribution in [0.1, 0.15) is 64.2 Å². The van der Waals surface area contributed by atoms with Crippen LogP contribution in [-0.2, 0) is 9.59 Å². The molecule has 0 amide bonds. The average Bonchev–Trinajstić information content (AvgIpc) is 2.58. The van der Waals surface area contributed by atoms with E-state index in [0.29, 0.717) is 17.8 Å². The number of hydrogen-bond acceptors (Lipinski definition) is 3. The zero-order valence-electron chi connectivity index (χ0n) is 13.3. The van der Waals surface area contributed by atoms with Crippen molar-refractivity contribution in [3.63, 3.8) is 0 Å². The van der Waals surface area contributed by atoms with Gasteiger partial charge in [0, 0.05) is 18.2 Å². The maximum atomic E-state index is 12.7. The molecule has 0 radical (unpaired) electrons. The molecule has 0 bridgehead atoms. The molecule has 0 aromatic carbocycles. The summed E-state index contributed by atoms with van der Waals surface area (Å²) in [6.45, 7) is 0. The Morgan fingerprint density at radius 1 is 0.826 bits per heavy atom. The Morgan fingerprint density at radius 3 is 1.78 bits per heavy atom. The highest BCUT2D eigenvalue weighted by molar-refractivity contribution is 6.54. The first-order chi connectivity index (χ1) is 11.1. The maximum Gasteiger partial charge on any atom is 0.222 e. The highest BCUT2D eigenvalue weighted by Gasteiger charge is 2.38. The third-order valence-electron chi connectivity index (χ3n) is 5.31. The van der Waals surface area contributed by atoms with Crippen LogP contribution in [0.4, 0.5) is 0 Å². The van der Waals surface area contributed by atoms with Crippen molar-refractivity contribution in [2.75, 3.05) is 0 Å². The van der Waals surface area contributed by atoms with Gasteiger partial charge in [0.1, 0.15) is 10.7 Å². The molecular formula is C18H23Cl2NO2. The number of Topliss-reactive ketones (excluding diaryl/α,β-unsaturated/α-hetero) is 1. The smallest absolute Gasteiger partial charge is 0.222 e. The molecule has 0 spiro atoms. The Balaban J connectivity index is 1.97. The Hall–Kier alpha value is -0.800. The molecule has 5 heteroatoms. The first-order valence-electron chi connectivity index (χ1n) is 8.74. The maximum absolute atomic E-state index is 12.7. The van der Waals surface area contributed by atoms with Crippen molar-refractivity contribution in [3.8, 4) is 0 Å². The second-order valence-electron chi connectivity index (χ2n) is 6.84. The minimum Gasteiger partial charge on any atom is -0.361 e. The first kappa shape index (κ1) is 17.0. The largest absolute Gasteiger partial charge is 0.361 e. The fraction of sp³-hybridized carbons (Fsp3) is 0.667. The third kappa shape index (κ3) is 3.51. The summed E-state index contributed by atoms with van der Waals surface area (Å²) in [7, 11) is 0.